The highest BCUT2D eigenvalue weighted by molar-refractivity contribution is 8.00. The molecule has 3 amide bonds. The van der Waals surface area contributed by atoms with Crippen LogP contribution in [0.2, 0.25) is 5.02 Å². The fourth-order valence-corrected chi connectivity index (χ4v) is 10.5. The first kappa shape index (κ1) is 25.9. The average molecular weight is 596 g/mol. The van der Waals surface area contributed by atoms with Gasteiger partial charge in [0.2, 0.25) is 17.7 Å². The van der Waals surface area contributed by atoms with Crippen molar-refractivity contribution in [3.05, 3.63) is 73.7 Å². The van der Waals surface area contributed by atoms with Crippen LogP contribution in [0.15, 0.2) is 58.4 Å². The summed E-state index contributed by atoms with van der Waals surface area (Å²) in [5, 5.41) is 4.41. The number of nitrogens with zero attached hydrogens (tertiary/aromatic N) is 1. The van der Waals surface area contributed by atoms with Gasteiger partial charge in [-0.2, -0.15) is 0 Å². The molecular formula is C29H26ClN3O5S2. The number of nitrogens with one attached hydrogen (secondary N) is 2. The van der Waals surface area contributed by atoms with Gasteiger partial charge < -0.3 is 15.0 Å². The first-order chi connectivity index (χ1) is 19.3. The van der Waals surface area contributed by atoms with E-state index in [1.54, 1.807) is 50.1 Å². The van der Waals surface area contributed by atoms with Crippen molar-refractivity contribution in [2.45, 2.75) is 35.6 Å². The number of aromatic amines is 1. The highest BCUT2D eigenvalue weighted by atomic mass is 35.5. The third-order valence-corrected chi connectivity index (χ3v) is 12.0. The van der Waals surface area contributed by atoms with Gasteiger partial charge in [-0.05, 0) is 73.1 Å². The molecule has 8 unspecified atom stereocenters. The maximum atomic E-state index is 13.9. The van der Waals surface area contributed by atoms with Gasteiger partial charge in [-0.15, -0.1) is 11.8 Å². The number of carbonyl (C=O) groups excluding carboxylic acids is 3. The molecule has 2 bridgehead atoms. The minimum Gasteiger partial charge on any atom is -0.497 e. The van der Waals surface area contributed by atoms with Gasteiger partial charge in [0, 0.05) is 26.8 Å². The number of hydrogen-bond donors (Lipinski definition) is 2. The molecule has 2 aliphatic carbocycles. The van der Waals surface area contributed by atoms with Crippen molar-refractivity contribution in [1.82, 2.24) is 9.88 Å². The number of ether oxygens (including phenoxy) is 1. The molecule has 2 aromatic carbocycles. The second kappa shape index (κ2) is 9.49. The van der Waals surface area contributed by atoms with Crippen LogP contribution >= 0.6 is 34.7 Å². The molecule has 7 rings (SSSR count). The fraction of sp³-hybridized carbons (Fsp3) is 0.379. The third-order valence-electron chi connectivity index (χ3n) is 9.11. The van der Waals surface area contributed by atoms with Crippen LogP contribution in [0.1, 0.15) is 29.7 Å². The number of thiazole rings is 1. The van der Waals surface area contributed by atoms with E-state index >= 15 is 0 Å². The second-order valence-corrected chi connectivity index (χ2v) is 13.6. The number of fused-ring (bicyclic) bond motifs is 9. The van der Waals surface area contributed by atoms with E-state index in [-0.39, 0.29) is 45.6 Å². The highest BCUT2D eigenvalue weighted by Crippen LogP contribution is 2.68. The molecule has 206 valence electrons. The molecule has 11 heteroatoms. The molecule has 1 aromatic heterocycles. The number of thioether (sulfide) groups is 1. The molecule has 2 saturated carbocycles. The Morgan fingerprint density at radius 2 is 1.73 bits per heavy atom. The van der Waals surface area contributed by atoms with Gasteiger partial charge >= 0.3 is 4.87 Å². The number of benzene rings is 2. The Bertz CT molecular complexity index is 1590. The fourth-order valence-electron chi connectivity index (χ4n) is 7.50. The molecule has 2 aliphatic heterocycles. The number of methoxy groups -OCH3 is 1. The van der Waals surface area contributed by atoms with E-state index in [4.69, 9.17) is 16.3 Å². The monoisotopic (exact) mass is 595 g/mol. The van der Waals surface area contributed by atoms with E-state index < -0.39 is 23.8 Å². The predicted octanol–water partition coefficient (Wildman–Crippen LogP) is 4.60. The van der Waals surface area contributed by atoms with Gasteiger partial charge in [0.05, 0.1) is 24.0 Å². The molecule has 0 spiro atoms. The minimum absolute atomic E-state index is 0.00495. The Balaban J connectivity index is 1.19. The third kappa shape index (κ3) is 3.79. The van der Waals surface area contributed by atoms with Crippen LogP contribution < -0.4 is 14.9 Å². The van der Waals surface area contributed by atoms with Crippen molar-refractivity contribution in [3.63, 3.8) is 0 Å². The zero-order chi connectivity index (χ0) is 27.9. The van der Waals surface area contributed by atoms with Crippen LogP contribution in [0.25, 0.3) is 0 Å². The van der Waals surface area contributed by atoms with Crippen LogP contribution in [0, 0.1) is 29.6 Å². The first-order valence-electron chi connectivity index (χ1n) is 13.2. The lowest BCUT2D eigenvalue weighted by atomic mass is 9.68. The summed E-state index contributed by atoms with van der Waals surface area (Å²) in [6, 6.07) is 13.7. The summed E-state index contributed by atoms with van der Waals surface area (Å²) in [6.07, 6.45) is 0.790. The molecule has 4 aliphatic rings. The Hall–Kier alpha value is -3.08. The van der Waals surface area contributed by atoms with Gasteiger partial charge in [-0.3, -0.25) is 24.1 Å². The number of likely N-dealkylation sites (tertiary alicyclic amines) is 1. The number of carbonyl (C=O) groups is 3. The maximum absolute atomic E-state index is 13.9. The lowest BCUT2D eigenvalue weighted by Crippen LogP contribution is -2.46. The van der Waals surface area contributed by atoms with Gasteiger partial charge in [0.1, 0.15) is 11.8 Å². The van der Waals surface area contributed by atoms with Crippen LogP contribution in [0.3, 0.4) is 0 Å². The number of imide groups is 1. The summed E-state index contributed by atoms with van der Waals surface area (Å²) in [5.74, 6) is -1.16. The van der Waals surface area contributed by atoms with Crippen molar-refractivity contribution in [2.75, 3.05) is 12.4 Å². The summed E-state index contributed by atoms with van der Waals surface area (Å²) < 4.78 is 5.17. The minimum atomic E-state index is -0.938. The molecular weight excluding hydrogens is 570 g/mol. The Labute approximate surface area is 243 Å². The van der Waals surface area contributed by atoms with E-state index in [2.05, 4.69) is 10.3 Å². The lowest BCUT2D eigenvalue weighted by Gasteiger charge is -2.43. The number of aromatic nitrogens is 1. The van der Waals surface area contributed by atoms with E-state index in [1.165, 1.54) is 16.2 Å². The number of amides is 3. The topological polar surface area (TPSA) is 109 Å². The van der Waals surface area contributed by atoms with Crippen molar-refractivity contribution in [3.8, 4) is 5.75 Å². The Morgan fingerprint density at radius 1 is 1.05 bits per heavy atom. The largest absolute Gasteiger partial charge is 0.497 e. The van der Waals surface area contributed by atoms with Crippen molar-refractivity contribution in [1.29, 1.82) is 0 Å². The number of halogens is 1. The van der Waals surface area contributed by atoms with Gasteiger partial charge in [-0.1, -0.05) is 35.1 Å². The summed E-state index contributed by atoms with van der Waals surface area (Å²) in [4.78, 5) is 58.4. The lowest BCUT2D eigenvalue weighted by molar-refractivity contribution is -0.146. The van der Waals surface area contributed by atoms with Crippen LogP contribution in [0.5, 0.6) is 5.75 Å². The van der Waals surface area contributed by atoms with Gasteiger partial charge in [0.25, 0.3) is 0 Å². The normalized spacial score (nSPS) is 30.6. The van der Waals surface area contributed by atoms with Gasteiger partial charge in [-0.25, -0.2) is 0 Å². The summed E-state index contributed by atoms with van der Waals surface area (Å²) in [6.45, 7) is 1.61. The molecule has 8 nitrogen and oxygen atoms in total. The SMILES string of the molecule is COc1ccc(NC(=O)C(C)N2C(=O)C3C4CC(C3C2=O)C2C(c3ccc(Cl)cc3)c3sc(=O)[nH]c3SC42)cc1. The zero-order valence-corrected chi connectivity index (χ0v) is 24.0. The zero-order valence-electron chi connectivity index (χ0n) is 21.6. The first-order valence-corrected chi connectivity index (χ1v) is 15.3. The molecule has 3 aromatic rings. The van der Waals surface area contributed by atoms with E-state index in [9.17, 15) is 19.2 Å². The van der Waals surface area contributed by atoms with Gasteiger partial charge in [0.15, 0.2) is 0 Å². The Morgan fingerprint density at radius 3 is 2.40 bits per heavy atom. The summed E-state index contributed by atoms with van der Waals surface area (Å²) >= 11 is 9.06. The predicted molar refractivity (Wildman–Crippen MR) is 153 cm³/mol. The highest BCUT2D eigenvalue weighted by Gasteiger charge is 2.70. The standard InChI is InChI=1S/C29H26ClN3O5S2/c1-12(25(34)31-15-7-9-16(38-2)10-8-15)33-27(35)21-17-11-18(22(21)28(33)36)23-20(17)19(13-3-5-14(30)6-4-13)24-26(39-23)32-29(37)40-24/h3-10,12,17-23H,11H2,1-2H3,(H,31,34)(H,32,37). The number of rotatable bonds is 5. The molecule has 3 heterocycles. The van der Waals surface area contributed by atoms with Crippen LogP contribution in [0.4, 0.5) is 5.69 Å². The number of H-pyrrole nitrogens is 1. The van der Waals surface area contributed by atoms with E-state index in [0.29, 0.717) is 16.5 Å². The number of anilines is 1. The maximum Gasteiger partial charge on any atom is 0.305 e. The molecule has 1 saturated heterocycles. The van der Waals surface area contributed by atoms with Crippen molar-refractivity contribution in [2.24, 2.45) is 29.6 Å². The smallest absolute Gasteiger partial charge is 0.305 e. The number of hydrogen-bond acceptors (Lipinski definition) is 7. The molecule has 8 atom stereocenters. The Kier molecular flexibility index (Phi) is 6.14. The molecule has 40 heavy (non-hydrogen) atoms. The quantitative estimate of drug-likeness (QED) is 0.418. The molecule has 3 fully saturated rings. The second-order valence-electron chi connectivity index (χ2n) is 11.0. The summed E-state index contributed by atoms with van der Waals surface area (Å²) in [7, 11) is 1.56. The molecule has 0 radical (unpaired) electrons. The van der Waals surface area contributed by atoms with Crippen molar-refractivity contribution >= 4 is 58.1 Å². The van der Waals surface area contributed by atoms with Crippen LogP contribution in [-0.4, -0.2) is 46.0 Å². The summed E-state index contributed by atoms with van der Waals surface area (Å²) in [5.41, 5.74) is 1.62. The molecule has 2 N–H and O–H groups in total. The van der Waals surface area contributed by atoms with Crippen LogP contribution in [-0.2, 0) is 14.4 Å². The van der Waals surface area contributed by atoms with E-state index in [1.807, 2.05) is 24.3 Å². The average Bonchev–Trinajstić information content (AvgIpc) is 3.68. The van der Waals surface area contributed by atoms with E-state index in [0.717, 1.165) is 21.9 Å². The van der Waals surface area contributed by atoms with Crippen molar-refractivity contribution < 1.29 is 19.1 Å².